The van der Waals surface area contributed by atoms with Crippen molar-refractivity contribution in [1.82, 2.24) is 5.32 Å². The van der Waals surface area contributed by atoms with E-state index in [0.717, 1.165) is 10.3 Å². The standard InChI is InChI=1S/C16H16NO3S2.Ni.H2O/c1-11(15-9-12(2)13(3)21-15)5-4-6-16(18)17-14-7-8-22(19,20)10-14;;/h1,4-5,7-9,14H,10H2,2-3H3,(H,17,18);;1H2/q-1;;/b5-4-;;/t14-;;/m1../s1. The van der Waals surface area contributed by atoms with Gasteiger partial charge in [0.05, 0.1) is 0 Å². The van der Waals surface area contributed by atoms with E-state index >= 15 is 0 Å². The Kier molecular flexibility index (Phi) is 7.04. The monoisotopic (exact) mass is 410 g/mol. The van der Waals surface area contributed by atoms with Crippen LogP contribution in [0.4, 0.5) is 0 Å². The molecule has 1 atom stereocenters. The molecule has 1 aliphatic rings. The molecule has 0 aliphatic carbocycles. The summed E-state index contributed by atoms with van der Waals surface area (Å²) in [5.74, 6) is -0.600. The summed E-state index contributed by atoms with van der Waals surface area (Å²) in [4.78, 5) is 14.1. The summed E-state index contributed by atoms with van der Waals surface area (Å²) in [6, 6.07) is 1.45. The number of allylic oxidation sites excluding steroid dienone is 2. The fourth-order valence-electron chi connectivity index (χ4n) is 1.93. The van der Waals surface area contributed by atoms with Gasteiger partial charge in [-0.05, 0) is 0 Å². The third-order valence-electron chi connectivity index (χ3n) is 3.30. The van der Waals surface area contributed by atoms with Crippen LogP contribution in [-0.4, -0.2) is 36.1 Å². The first-order valence-electron chi connectivity index (χ1n) is 6.77. The Hall–Kier alpha value is -1.34. The molecule has 1 aromatic heterocycles. The van der Waals surface area contributed by atoms with Crippen molar-refractivity contribution in [3.63, 3.8) is 0 Å². The quantitative estimate of drug-likeness (QED) is 0.446. The summed E-state index contributed by atoms with van der Waals surface area (Å²) in [5.41, 5.74) is 1.70. The summed E-state index contributed by atoms with van der Waals surface area (Å²) < 4.78 is 22.7. The molecular weight excluding hydrogens is 393 g/mol. The molecule has 1 aromatic rings. The second kappa shape index (κ2) is 8.16. The van der Waals surface area contributed by atoms with Crippen LogP contribution in [0.1, 0.15) is 15.3 Å². The number of nitrogens with one attached hydrogen (secondary N) is 1. The van der Waals surface area contributed by atoms with E-state index in [1.54, 1.807) is 17.4 Å². The van der Waals surface area contributed by atoms with Gasteiger partial charge in [-0.3, -0.25) is 0 Å². The SMILES string of the molecule is O.[CH-]=C(/C=C\[C](=[Ni])C(=O)N[C@@H]1C=CS(=O)(=O)C1)c1cc(C)c(C)s1. The van der Waals surface area contributed by atoms with Crippen LogP contribution in [0.15, 0.2) is 29.7 Å². The van der Waals surface area contributed by atoms with Crippen molar-refractivity contribution in [2.45, 2.75) is 19.9 Å². The summed E-state index contributed by atoms with van der Waals surface area (Å²) in [7, 11) is -3.21. The molecule has 0 saturated heterocycles. The molecule has 0 fully saturated rings. The Bertz CT molecular complexity index is 815. The van der Waals surface area contributed by atoms with Gasteiger partial charge >= 0.3 is 148 Å². The Morgan fingerprint density at radius 3 is 2.58 bits per heavy atom. The molecule has 1 aliphatic heterocycles. The van der Waals surface area contributed by atoms with Gasteiger partial charge in [-0.15, -0.1) is 0 Å². The maximum absolute atomic E-state index is 11.9. The van der Waals surface area contributed by atoms with Crippen molar-refractivity contribution in [2.24, 2.45) is 0 Å². The summed E-state index contributed by atoms with van der Waals surface area (Å²) in [5, 5.41) is 3.68. The number of hydrogen-bond donors (Lipinski definition) is 1. The van der Waals surface area contributed by atoms with Gasteiger partial charge < -0.3 is 5.48 Å². The van der Waals surface area contributed by atoms with Crippen molar-refractivity contribution in [3.05, 3.63) is 51.6 Å². The Balaban J connectivity index is 0.00000288. The number of amides is 1. The summed E-state index contributed by atoms with van der Waals surface area (Å²) in [6.07, 6.45) is 4.52. The predicted molar refractivity (Wildman–Crippen MR) is 94.1 cm³/mol. The van der Waals surface area contributed by atoms with Crippen molar-refractivity contribution >= 4 is 37.1 Å². The Morgan fingerprint density at radius 2 is 2.08 bits per heavy atom. The van der Waals surface area contributed by atoms with E-state index in [2.05, 4.69) is 5.32 Å². The van der Waals surface area contributed by atoms with Crippen LogP contribution in [0.5, 0.6) is 0 Å². The molecule has 1 amide bonds. The van der Waals surface area contributed by atoms with Crippen LogP contribution < -0.4 is 5.32 Å². The first-order chi connectivity index (χ1) is 10.7. The number of aryl methyl sites for hydroxylation is 2. The van der Waals surface area contributed by atoms with E-state index in [1.807, 2.05) is 19.9 Å². The van der Waals surface area contributed by atoms with Crippen LogP contribution in [0, 0.1) is 20.4 Å². The normalized spacial score (nSPS) is 18.4. The van der Waals surface area contributed by atoms with Crippen molar-refractivity contribution in [3.8, 4) is 0 Å². The molecule has 8 heteroatoms. The molecule has 0 saturated carbocycles. The van der Waals surface area contributed by atoms with E-state index in [1.165, 1.54) is 22.6 Å². The fourth-order valence-corrected chi connectivity index (χ4v) is 4.29. The van der Waals surface area contributed by atoms with E-state index in [0.29, 0.717) is 5.57 Å². The van der Waals surface area contributed by atoms with E-state index in [4.69, 9.17) is 21.6 Å². The molecule has 2 heterocycles. The molecule has 2 rings (SSSR count). The average molecular weight is 411 g/mol. The van der Waals surface area contributed by atoms with Crippen molar-refractivity contribution in [1.29, 1.82) is 0 Å². The first-order valence-corrected chi connectivity index (χ1v) is 9.79. The zero-order valence-corrected chi connectivity index (χ0v) is 15.7. The molecule has 0 spiro atoms. The maximum atomic E-state index is 11.9. The Labute approximate surface area is 153 Å². The minimum atomic E-state index is -3.21. The number of sulfone groups is 1. The number of thiophene rings is 1. The zero-order valence-electron chi connectivity index (χ0n) is 13.1. The molecule has 5 nitrogen and oxygen atoms in total. The number of carbonyl (C=O) groups excluding carboxylic acids is 1. The molecule has 0 bridgehead atoms. The van der Waals surface area contributed by atoms with Crippen LogP contribution >= 0.6 is 11.3 Å². The molecule has 24 heavy (non-hydrogen) atoms. The number of carbonyl (C=O) groups is 1. The van der Waals surface area contributed by atoms with Crippen LogP contribution in [-0.2, 0) is 29.7 Å². The molecule has 0 radical (unpaired) electrons. The van der Waals surface area contributed by atoms with Gasteiger partial charge in [-0.2, -0.15) is 0 Å². The second-order valence-electron chi connectivity index (χ2n) is 5.19. The molecule has 0 unspecified atom stereocenters. The van der Waals surface area contributed by atoms with E-state index in [-0.39, 0.29) is 15.7 Å². The Morgan fingerprint density at radius 1 is 1.42 bits per heavy atom. The predicted octanol–water partition coefficient (Wildman–Crippen LogP) is 1.06. The molecule has 3 N–H and O–H groups in total. The zero-order chi connectivity index (χ0) is 17.2. The van der Waals surface area contributed by atoms with E-state index < -0.39 is 21.8 Å². The van der Waals surface area contributed by atoms with Crippen LogP contribution in [0.2, 0.25) is 0 Å². The summed E-state index contributed by atoms with van der Waals surface area (Å²) in [6.45, 7) is 10.0. The van der Waals surface area contributed by atoms with E-state index in [9.17, 15) is 13.2 Å². The van der Waals surface area contributed by atoms with Gasteiger partial charge in [0, 0.05) is 0 Å². The number of hydrogen-bond acceptors (Lipinski definition) is 4. The van der Waals surface area contributed by atoms with Crippen molar-refractivity contribution < 1.29 is 33.7 Å². The topological polar surface area (TPSA) is 94.7 Å². The fraction of sp³-hybridized carbons (Fsp3) is 0.250. The summed E-state index contributed by atoms with van der Waals surface area (Å²) >= 11 is 6.27. The molecular formula is C16H18NNiO4S2-. The second-order valence-corrected chi connectivity index (χ2v) is 8.91. The van der Waals surface area contributed by atoms with Gasteiger partial charge in [0.1, 0.15) is 0 Å². The van der Waals surface area contributed by atoms with Gasteiger partial charge in [0.2, 0.25) is 0 Å². The minimum absolute atomic E-state index is 0. The van der Waals surface area contributed by atoms with Crippen LogP contribution in [0.3, 0.4) is 0 Å². The van der Waals surface area contributed by atoms with Gasteiger partial charge in [0.25, 0.3) is 0 Å². The van der Waals surface area contributed by atoms with Gasteiger partial charge in [-0.25, -0.2) is 0 Å². The molecule has 134 valence electrons. The molecule has 0 aromatic carbocycles. The average Bonchev–Trinajstić information content (AvgIpc) is 2.98. The van der Waals surface area contributed by atoms with Gasteiger partial charge in [-0.1, -0.05) is 0 Å². The van der Waals surface area contributed by atoms with Crippen LogP contribution in [0.25, 0.3) is 5.57 Å². The first kappa shape index (κ1) is 20.7. The van der Waals surface area contributed by atoms with Gasteiger partial charge in [0.15, 0.2) is 0 Å². The number of rotatable bonds is 5. The van der Waals surface area contributed by atoms with Crippen molar-refractivity contribution in [2.75, 3.05) is 5.75 Å². The third kappa shape index (κ3) is 5.34. The third-order valence-corrected chi connectivity index (χ3v) is 6.28.